The van der Waals surface area contributed by atoms with Gasteiger partial charge < -0.3 is 5.32 Å². The Hall–Kier alpha value is -0.0800. The van der Waals surface area contributed by atoms with Crippen LogP contribution in [0.2, 0.25) is 0 Å². The van der Waals surface area contributed by atoms with Crippen LogP contribution in [0.25, 0.3) is 0 Å². The molecule has 1 saturated heterocycles. The van der Waals surface area contributed by atoms with Crippen molar-refractivity contribution in [1.29, 1.82) is 0 Å². The van der Waals surface area contributed by atoms with Crippen LogP contribution in [-0.2, 0) is 0 Å². The first-order valence-corrected chi connectivity index (χ1v) is 7.38. The summed E-state index contributed by atoms with van der Waals surface area (Å²) in [7, 11) is 0. The molecule has 100 valence electrons. The summed E-state index contributed by atoms with van der Waals surface area (Å²) >= 11 is 0. The van der Waals surface area contributed by atoms with Crippen molar-refractivity contribution in [3.8, 4) is 0 Å². The molecule has 2 fully saturated rings. The van der Waals surface area contributed by atoms with Gasteiger partial charge in [-0.25, -0.2) is 0 Å². The van der Waals surface area contributed by atoms with Gasteiger partial charge in [0.15, 0.2) is 0 Å². The van der Waals surface area contributed by atoms with Crippen LogP contribution in [0.3, 0.4) is 0 Å². The first kappa shape index (κ1) is 13.4. The predicted molar refractivity (Wildman–Crippen MR) is 74.2 cm³/mol. The molecule has 0 amide bonds. The molecular weight excluding hydrogens is 208 g/mol. The molecule has 0 bridgehead atoms. The van der Waals surface area contributed by atoms with E-state index in [9.17, 15) is 0 Å². The Morgan fingerprint density at radius 3 is 2.29 bits per heavy atom. The van der Waals surface area contributed by atoms with Crippen molar-refractivity contribution in [3.05, 3.63) is 0 Å². The lowest BCUT2D eigenvalue weighted by molar-refractivity contribution is 0.194. The van der Waals surface area contributed by atoms with Gasteiger partial charge in [-0.2, -0.15) is 0 Å². The summed E-state index contributed by atoms with van der Waals surface area (Å²) in [5.74, 6) is 0. The molecule has 2 aliphatic rings. The van der Waals surface area contributed by atoms with Gasteiger partial charge in [-0.15, -0.1) is 0 Å². The van der Waals surface area contributed by atoms with E-state index in [0.29, 0.717) is 10.8 Å². The van der Waals surface area contributed by atoms with Crippen molar-refractivity contribution < 1.29 is 0 Å². The number of rotatable bonds is 2. The van der Waals surface area contributed by atoms with Crippen LogP contribution in [0.1, 0.15) is 53.9 Å². The molecule has 17 heavy (non-hydrogen) atoms. The van der Waals surface area contributed by atoms with Gasteiger partial charge in [0.2, 0.25) is 0 Å². The molecule has 1 aliphatic heterocycles. The molecule has 1 unspecified atom stereocenters. The molecule has 1 atom stereocenters. The van der Waals surface area contributed by atoms with Crippen molar-refractivity contribution in [2.45, 2.75) is 66.0 Å². The lowest BCUT2D eigenvalue weighted by atomic mass is 10.0. The maximum atomic E-state index is 3.67. The van der Waals surface area contributed by atoms with Gasteiger partial charge in [0.25, 0.3) is 0 Å². The van der Waals surface area contributed by atoms with Gasteiger partial charge in [-0.3, -0.25) is 4.90 Å². The second kappa shape index (κ2) is 4.55. The molecule has 0 aromatic carbocycles. The average molecular weight is 238 g/mol. The highest BCUT2D eigenvalue weighted by Crippen LogP contribution is 2.65. The Kier molecular flexibility index (Phi) is 3.57. The summed E-state index contributed by atoms with van der Waals surface area (Å²) in [5, 5.41) is 3.67. The van der Waals surface area contributed by atoms with Gasteiger partial charge in [0.05, 0.1) is 0 Å². The van der Waals surface area contributed by atoms with E-state index in [1.54, 1.807) is 0 Å². The fourth-order valence-electron chi connectivity index (χ4n) is 3.80. The Balaban J connectivity index is 1.97. The van der Waals surface area contributed by atoms with E-state index in [4.69, 9.17) is 0 Å². The van der Waals surface area contributed by atoms with E-state index >= 15 is 0 Å². The largest absolute Gasteiger partial charge is 0.314 e. The van der Waals surface area contributed by atoms with E-state index in [1.807, 2.05) is 0 Å². The lowest BCUT2D eigenvalue weighted by Crippen LogP contribution is -2.41. The predicted octanol–water partition coefficient (Wildman–Crippen LogP) is 2.89. The molecule has 0 aromatic heterocycles. The van der Waals surface area contributed by atoms with Gasteiger partial charge in [0, 0.05) is 12.1 Å². The smallest absolute Gasteiger partial charge is 0.0209 e. The topological polar surface area (TPSA) is 15.3 Å². The van der Waals surface area contributed by atoms with Crippen LogP contribution < -0.4 is 5.32 Å². The van der Waals surface area contributed by atoms with Crippen molar-refractivity contribution in [1.82, 2.24) is 10.2 Å². The van der Waals surface area contributed by atoms with E-state index in [2.05, 4.69) is 44.8 Å². The van der Waals surface area contributed by atoms with Crippen molar-refractivity contribution >= 4 is 0 Å². The third kappa shape index (κ3) is 2.26. The number of hydrogen-bond acceptors (Lipinski definition) is 2. The second-order valence-corrected chi connectivity index (χ2v) is 7.08. The quantitative estimate of drug-likeness (QED) is 0.796. The zero-order chi connectivity index (χ0) is 12.7. The molecule has 1 N–H and O–H groups in total. The molecule has 0 spiro atoms. The summed E-state index contributed by atoms with van der Waals surface area (Å²) in [5.41, 5.74) is 1.00. The molecule has 0 radical (unpaired) electrons. The Bertz CT molecular complexity index is 256. The van der Waals surface area contributed by atoms with E-state index < -0.39 is 0 Å². The van der Waals surface area contributed by atoms with Crippen molar-refractivity contribution in [2.75, 3.05) is 19.6 Å². The minimum atomic E-state index is 0.501. The first-order valence-electron chi connectivity index (χ1n) is 7.38. The fraction of sp³-hybridized carbons (Fsp3) is 1.00. The molecule has 1 saturated carbocycles. The van der Waals surface area contributed by atoms with Gasteiger partial charge in [-0.1, -0.05) is 34.6 Å². The summed E-state index contributed by atoms with van der Waals surface area (Å²) < 4.78 is 0. The number of nitrogens with zero attached hydrogens (tertiary/aromatic N) is 1. The maximum Gasteiger partial charge on any atom is 0.0209 e. The Morgan fingerprint density at radius 2 is 1.76 bits per heavy atom. The molecular formula is C15H30N2. The summed E-state index contributed by atoms with van der Waals surface area (Å²) in [6, 6.07) is 1.54. The van der Waals surface area contributed by atoms with Crippen molar-refractivity contribution in [3.63, 3.8) is 0 Å². The van der Waals surface area contributed by atoms with E-state index in [0.717, 1.165) is 12.1 Å². The molecule has 2 heteroatoms. The Morgan fingerprint density at radius 1 is 1.12 bits per heavy atom. The van der Waals surface area contributed by atoms with Gasteiger partial charge >= 0.3 is 0 Å². The summed E-state index contributed by atoms with van der Waals surface area (Å²) in [6.45, 7) is 15.8. The molecule has 1 heterocycles. The van der Waals surface area contributed by atoms with Gasteiger partial charge in [0.1, 0.15) is 0 Å². The normalized spacial score (nSPS) is 34.1. The number of hydrogen-bond donors (Lipinski definition) is 1. The highest BCUT2D eigenvalue weighted by Gasteiger charge is 2.66. The van der Waals surface area contributed by atoms with Crippen LogP contribution in [0.4, 0.5) is 0 Å². The minimum Gasteiger partial charge on any atom is -0.314 e. The number of nitrogens with one attached hydrogen (secondary N) is 1. The molecule has 2 nitrogen and oxygen atoms in total. The monoisotopic (exact) mass is 238 g/mol. The van der Waals surface area contributed by atoms with Crippen molar-refractivity contribution in [2.24, 2.45) is 10.8 Å². The highest BCUT2D eigenvalue weighted by atomic mass is 15.2. The van der Waals surface area contributed by atoms with Gasteiger partial charge in [-0.05, 0) is 49.7 Å². The van der Waals surface area contributed by atoms with E-state index in [-0.39, 0.29) is 0 Å². The zero-order valence-electron chi connectivity index (χ0n) is 12.3. The zero-order valence-corrected chi connectivity index (χ0v) is 12.3. The SMILES string of the molecule is CCC1CCN(C2C(C)(C)C2(C)C)CCCN1. The molecule has 0 aromatic rings. The summed E-state index contributed by atoms with van der Waals surface area (Å²) in [4.78, 5) is 2.77. The van der Waals surface area contributed by atoms with Crippen LogP contribution >= 0.6 is 0 Å². The third-order valence-electron chi connectivity index (χ3n) is 5.62. The molecule has 1 aliphatic carbocycles. The minimum absolute atomic E-state index is 0.501. The highest BCUT2D eigenvalue weighted by molar-refractivity contribution is 5.18. The lowest BCUT2D eigenvalue weighted by Gasteiger charge is -2.30. The fourth-order valence-corrected chi connectivity index (χ4v) is 3.80. The average Bonchev–Trinajstić information content (AvgIpc) is 2.60. The van der Waals surface area contributed by atoms with Crippen LogP contribution in [0.5, 0.6) is 0 Å². The molecule has 2 rings (SSSR count). The summed E-state index contributed by atoms with van der Waals surface area (Å²) in [6.07, 6.45) is 3.89. The van der Waals surface area contributed by atoms with Crippen LogP contribution in [0, 0.1) is 10.8 Å². The first-order chi connectivity index (χ1) is 7.91. The Labute approximate surface area is 107 Å². The maximum absolute atomic E-state index is 3.67. The standard InChI is InChI=1S/C15H30N2/c1-6-12-8-11-17(10-7-9-16-12)13-14(2,3)15(13,4)5/h12-13,16H,6-11H2,1-5H3. The second-order valence-electron chi connectivity index (χ2n) is 7.08. The third-order valence-corrected chi connectivity index (χ3v) is 5.62. The van der Waals surface area contributed by atoms with Crippen LogP contribution in [0.15, 0.2) is 0 Å². The van der Waals surface area contributed by atoms with Crippen LogP contribution in [-0.4, -0.2) is 36.6 Å². The van der Waals surface area contributed by atoms with E-state index in [1.165, 1.54) is 38.9 Å².